The molecule has 0 unspecified atom stereocenters. The number of rotatable bonds is 3. The third-order valence-electron chi connectivity index (χ3n) is 8.69. The zero-order chi connectivity index (χ0) is 37.6. The van der Waals surface area contributed by atoms with Gasteiger partial charge in [0.05, 0.1) is 16.9 Å². The van der Waals surface area contributed by atoms with Crippen LogP contribution in [0.4, 0.5) is 52.7 Å². The Balaban J connectivity index is 1.61. The molecule has 4 aromatic heterocycles. The van der Waals surface area contributed by atoms with Crippen LogP contribution < -0.4 is 0 Å². The van der Waals surface area contributed by atoms with E-state index in [0.29, 0.717) is 18.2 Å². The van der Waals surface area contributed by atoms with Crippen molar-refractivity contribution in [2.24, 2.45) is 0 Å². The first-order valence-corrected chi connectivity index (χ1v) is 15.1. The van der Waals surface area contributed by atoms with E-state index in [1.165, 1.54) is 48.6 Å². The first kappa shape index (κ1) is 33.7. The van der Waals surface area contributed by atoms with E-state index in [2.05, 4.69) is 19.9 Å². The molecule has 0 saturated heterocycles. The van der Waals surface area contributed by atoms with Crippen LogP contribution in [0.25, 0.3) is 78.6 Å². The van der Waals surface area contributed by atoms with Crippen LogP contribution >= 0.6 is 0 Å². The molecule has 3 N–H and O–H groups in total. The minimum atomic E-state index is -2.22. The fourth-order valence-electron chi connectivity index (χ4n) is 6.27. The molecule has 1 aliphatic rings. The van der Waals surface area contributed by atoms with Crippen LogP contribution in [-0.2, 0) is 0 Å². The zero-order valence-corrected chi connectivity index (χ0v) is 25.8. The van der Waals surface area contributed by atoms with Gasteiger partial charge in [-0.1, -0.05) is 0 Å². The number of hydrogen-bond donors (Lipinski definition) is 3. The molecule has 0 radical (unpaired) electrons. The second kappa shape index (κ2) is 12.1. The lowest BCUT2D eigenvalue weighted by molar-refractivity contribution is 0.411. The van der Waals surface area contributed by atoms with E-state index in [4.69, 9.17) is 0 Å². The number of nitrogens with zero attached hydrogens (tertiary/aromatic N) is 1. The summed E-state index contributed by atoms with van der Waals surface area (Å²) in [5.74, 6) is -23.8. The maximum Gasteiger partial charge on any atom is 0.198 e. The Hall–Kier alpha value is -6.45. The molecule has 0 aliphatic carbocycles. The lowest BCUT2D eigenvalue weighted by Gasteiger charge is -2.09. The number of nitrogens with one attached hydrogen (secondary N) is 3. The Labute approximate surface area is 287 Å². The van der Waals surface area contributed by atoms with Crippen molar-refractivity contribution in [1.82, 2.24) is 19.9 Å². The van der Waals surface area contributed by atoms with Gasteiger partial charge in [0.25, 0.3) is 0 Å². The molecule has 0 fully saturated rings. The molecular weight excluding hydrogens is 728 g/mol. The predicted molar refractivity (Wildman–Crippen MR) is 171 cm³/mol. The SMILES string of the molecule is Fc1cc(-c2c3nc(c4ccc([nH]4)c(-c4cc(F)c(F)c(F)c4F)c4ccc([nH]4)c(-c4cc(F)c(F)c(F)c4F)c4ccc2[nH]4)C=C3)c(F)c(F)c1F. The van der Waals surface area contributed by atoms with Gasteiger partial charge in [-0.2, -0.15) is 0 Å². The van der Waals surface area contributed by atoms with Crippen molar-refractivity contribution < 1.29 is 52.7 Å². The molecule has 8 rings (SSSR count). The van der Waals surface area contributed by atoms with Crippen molar-refractivity contribution >= 4 is 45.3 Å². The number of H-pyrrole nitrogens is 3. The molecule has 0 saturated carbocycles. The number of aromatic nitrogens is 4. The molecule has 8 bridgehead atoms. The van der Waals surface area contributed by atoms with Crippen molar-refractivity contribution in [1.29, 1.82) is 0 Å². The number of hydrogen-bond acceptors (Lipinski definition) is 1. The quantitative estimate of drug-likeness (QED) is 0.0942. The van der Waals surface area contributed by atoms with Gasteiger partial charge in [-0.05, 0) is 66.7 Å². The Morgan fingerprint density at radius 3 is 1.02 bits per heavy atom. The summed E-state index contributed by atoms with van der Waals surface area (Å²) >= 11 is 0. The predicted octanol–water partition coefficient (Wildman–Crippen LogP) is 11.4. The first-order valence-electron chi connectivity index (χ1n) is 15.1. The number of fused-ring (bicyclic) bond motifs is 9. The monoisotopic (exact) mass is 742 g/mol. The van der Waals surface area contributed by atoms with Crippen LogP contribution in [0.2, 0.25) is 0 Å². The van der Waals surface area contributed by atoms with Crippen LogP contribution in [0.5, 0.6) is 0 Å². The molecular formula is C37H14F12N4. The van der Waals surface area contributed by atoms with Crippen molar-refractivity contribution in [3.8, 4) is 33.4 Å². The second-order valence-corrected chi connectivity index (χ2v) is 11.7. The molecule has 3 aromatic carbocycles. The normalized spacial score (nSPS) is 12.1. The van der Waals surface area contributed by atoms with Crippen molar-refractivity contribution in [3.05, 3.63) is 136 Å². The Morgan fingerprint density at radius 1 is 0.321 bits per heavy atom. The van der Waals surface area contributed by atoms with Crippen LogP contribution in [-0.4, -0.2) is 19.9 Å². The lowest BCUT2D eigenvalue weighted by Crippen LogP contribution is -2.00. The fourth-order valence-corrected chi connectivity index (χ4v) is 6.27. The summed E-state index contributed by atoms with van der Waals surface area (Å²) in [6.45, 7) is 0. The van der Waals surface area contributed by atoms with Gasteiger partial charge in [0.2, 0.25) is 0 Å². The van der Waals surface area contributed by atoms with Crippen LogP contribution in [0, 0.1) is 69.8 Å². The van der Waals surface area contributed by atoms with E-state index < -0.39 is 92.1 Å². The molecule has 4 nitrogen and oxygen atoms in total. The maximum atomic E-state index is 15.5. The highest BCUT2D eigenvalue weighted by atomic mass is 19.2. The summed E-state index contributed by atoms with van der Waals surface area (Å²) < 4.78 is 176. The van der Waals surface area contributed by atoms with Crippen molar-refractivity contribution in [2.75, 3.05) is 0 Å². The zero-order valence-electron chi connectivity index (χ0n) is 25.8. The molecule has 0 spiro atoms. The number of benzene rings is 3. The summed E-state index contributed by atoms with van der Waals surface area (Å²) in [6.07, 6.45) is 2.63. The van der Waals surface area contributed by atoms with Crippen LogP contribution in [0.1, 0.15) is 11.4 Å². The maximum absolute atomic E-state index is 15.5. The van der Waals surface area contributed by atoms with Crippen LogP contribution in [0.15, 0.2) is 54.6 Å². The van der Waals surface area contributed by atoms with E-state index in [9.17, 15) is 39.5 Å². The average Bonchev–Trinajstić information content (AvgIpc) is 3.98. The van der Waals surface area contributed by atoms with Gasteiger partial charge in [0.15, 0.2) is 69.8 Å². The summed E-state index contributed by atoms with van der Waals surface area (Å²) in [6, 6.07) is 8.46. The van der Waals surface area contributed by atoms with Crippen molar-refractivity contribution in [3.63, 3.8) is 0 Å². The molecule has 16 heteroatoms. The van der Waals surface area contributed by atoms with Gasteiger partial charge in [0, 0.05) is 61.0 Å². The van der Waals surface area contributed by atoms with Gasteiger partial charge in [-0.3, -0.25) is 0 Å². The molecule has 0 amide bonds. The Kier molecular flexibility index (Phi) is 7.67. The smallest absolute Gasteiger partial charge is 0.198 e. The topological polar surface area (TPSA) is 60.3 Å². The van der Waals surface area contributed by atoms with Crippen molar-refractivity contribution in [2.45, 2.75) is 0 Å². The van der Waals surface area contributed by atoms with Gasteiger partial charge < -0.3 is 15.0 Å². The average molecular weight is 743 g/mol. The van der Waals surface area contributed by atoms with Gasteiger partial charge >= 0.3 is 0 Å². The Bertz CT molecular complexity index is 2880. The highest BCUT2D eigenvalue weighted by molar-refractivity contribution is 6.00. The molecule has 1 aliphatic heterocycles. The lowest BCUT2D eigenvalue weighted by atomic mass is 10.0. The minimum absolute atomic E-state index is 0.0731. The molecule has 53 heavy (non-hydrogen) atoms. The standard InChI is InChI=1S/C37H14F12N4/c38-15-9-12(29(41)35(47)32(15)44)26-20-3-1-18(50-20)19-2-4-21(51-19)27(13-10-16(39)33(45)36(48)30(13)42)23-6-8-25(53-23)28(24-7-5-22(26)52-24)14-11-17(40)34(46)37(49)31(14)43/h1-11,50,52-53H. The highest BCUT2D eigenvalue weighted by Crippen LogP contribution is 2.40. The molecule has 0 atom stereocenters. The minimum Gasteiger partial charge on any atom is -0.354 e. The molecule has 5 heterocycles. The summed E-state index contributed by atoms with van der Waals surface area (Å²) in [7, 11) is 0. The molecule has 266 valence electrons. The van der Waals surface area contributed by atoms with E-state index in [-0.39, 0.29) is 55.6 Å². The first-order chi connectivity index (χ1) is 25.2. The van der Waals surface area contributed by atoms with Crippen LogP contribution in [0.3, 0.4) is 0 Å². The van der Waals surface area contributed by atoms with E-state index in [1.807, 2.05) is 0 Å². The fraction of sp³-hybridized carbons (Fsp3) is 0. The largest absolute Gasteiger partial charge is 0.354 e. The number of halogens is 12. The van der Waals surface area contributed by atoms with Gasteiger partial charge in [-0.15, -0.1) is 0 Å². The Morgan fingerprint density at radius 2 is 0.623 bits per heavy atom. The summed E-state index contributed by atoms with van der Waals surface area (Å²) in [4.78, 5) is 12.8. The number of aromatic amines is 3. The van der Waals surface area contributed by atoms with Gasteiger partial charge in [-0.25, -0.2) is 57.7 Å². The third kappa shape index (κ3) is 5.15. The third-order valence-corrected chi connectivity index (χ3v) is 8.69. The summed E-state index contributed by atoms with van der Waals surface area (Å²) in [5.41, 5.74) is -4.69. The van der Waals surface area contributed by atoms with E-state index in [0.717, 1.165) is 0 Å². The van der Waals surface area contributed by atoms with E-state index in [1.54, 1.807) is 0 Å². The highest BCUT2D eigenvalue weighted by Gasteiger charge is 2.27. The second-order valence-electron chi connectivity index (χ2n) is 11.7. The van der Waals surface area contributed by atoms with E-state index >= 15 is 13.2 Å². The van der Waals surface area contributed by atoms with Gasteiger partial charge in [0.1, 0.15) is 0 Å². The summed E-state index contributed by atoms with van der Waals surface area (Å²) in [5, 5.41) is 0. The molecule has 7 aromatic rings.